The highest BCUT2D eigenvalue weighted by Crippen LogP contribution is 2.11. The van der Waals surface area contributed by atoms with Gasteiger partial charge < -0.3 is 9.47 Å². The number of allylic oxidation sites excluding steroid dienone is 1. The molecule has 1 aromatic carbocycles. The van der Waals surface area contributed by atoms with Gasteiger partial charge in [-0.3, -0.25) is 0 Å². The van der Waals surface area contributed by atoms with Crippen molar-refractivity contribution in [2.75, 3.05) is 19.8 Å². The van der Waals surface area contributed by atoms with E-state index in [1.165, 1.54) is 0 Å². The second-order valence-corrected chi connectivity index (χ2v) is 3.88. The maximum absolute atomic E-state index is 8.65. The van der Waals surface area contributed by atoms with Gasteiger partial charge in [-0.1, -0.05) is 6.08 Å². The van der Waals surface area contributed by atoms with Crippen molar-refractivity contribution in [2.45, 2.75) is 19.3 Å². The zero-order chi connectivity index (χ0) is 13.1. The van der Waals surface area contributed by atoms with E-state index < -0.39 is 0 Å². The normalized spacial score (nSPS) is 9.72. The lowest BCUT2D eigenvalue weighted by Crippen LogP contribution is -2.03. The van der Waals surface area contributed by atoms with E-state index in [0.29, 0.717) is 18.8 Å². The summed E-state index contributed by atoms with van der Waals surface area (Å²) in [6.45, 7) is 5.79. The molecule has 3 nitrogen and oxygen atoms in total. The van der Waals surface area contributed by atoms with Crippen LogP contribution in [0.25, 0.3) is 0 Å². The van der Waals surface area contributed by atoms with Crippen LogP contribution in [0, 0.1) is 11.3 Å². The van der Waals surface area contributed by atoms with Crippen molar-refractivity contribution in [3.05, 3.63) is 42.5 Å². The Morgan fingerprint density at radius 2 is 1.83 bits per heavy atom. The average Bonchev–Trinajstić information content (AvgIpc) is 2.42. The molecule has 0 amide bonds. The number of rotatable bonds is 9. The topological polar surface area (TPSA) is 42.2 Å². The highest BCUT2D eigenvalue weighted by molar-refractivity contribution is 5.34. The van der Waals surface area contributed by atoms with E-state index in [9.17, 15) is 0 Å². The summed E-state index contributed by atoms with van der Waals surface area (Å²) in [6.07, 6.45) is 4.80. The monoisotopic (exact) mass is 245 g/mol. The van der Waals surface area contributed by atoms with Crippen LogP contribution in [0.1, 0.15) is 24.8 Å². The first-order chi connectivity index (χ1) is 8.86. The third-order valence-corrected chi connectivity index (χ3v) is 2.38. The maximum Gasteiger partial charge on any atom is 0.119 e. The molecule has 0 atom stereocenters. The largest absolute Gasteiger partial charge is 0.494 e. The Hall–Kier alpha value is -1.79. The minimum atomic E-state index is 0.632. The molecule has 0 aromatic heterocycles. The number of hydrogen-bond donors (Lipinski definition) is 0. The van der Waals surface area contributed by atoms with E-state index in [4.69, 9.17) is 14.7 Å². The van der Waals surface area contributed by atoms with Crippen LogP contribution in [0.2, 0.25) is 0 Å². The molecule has 0 heterocycles. The highest BCUT2D eigenvalue weighted by Gasteiger charge is 1.95. The van der Waals surface area contributed by atoms with Crippen LogP contribution in [-0.4, -0.2) is 19.8 Å². The Kier molecular flexibility index (Phi) is 7.34. The van der Waals surface area contributed by atoms with Crippen molar-refractivity contribution in [3.63, 3.8) is 0 Å². The zero-order valence-electron chi connectivity index (χ0n) is 10.6. The Morgan fingerprint density at radius 3 is 2.50 bits per heavy atom. The van der Waals surface area contributed by atoms with Crippen LogP contribution in [0.5, 0.6) is 5.75 Å². The van der Waals surface area contributed by atoms with Crippen molar-refractivity contribution in [3.8, 4) is 11.8 Å². The van der Waals surface area contributed by atoms with Gasteiger partial charge in [0.25, 0.3) is 0 Å². The SMILES string of the molecule is C=CCCCOCCCOc1ccc(C#N)cc1. The predicted octanol–water partition coefficient (Wildman–Crippen LogP) is 3.31. The number of nitriles is 1. The molecular formula is C15H19NO2. The van der Waals surface area contributed by atoms with Gasteiger partial charge in [0, 0.05) is 19.6 Å². The van der Waals surface area contributed by atoms with Gasteiger partial charge in [0.2, 0.25) is 0 Å². The minimum absolute atomic E-state index is 0.632. The quantitative estimate of drug-likeness (QED) is 0.495. The fraction of sp³-hybridized carbons (Fsp3) is 0.400. The fourth-order valence-corrected chi connectivity index (χ4v) is 1.41. The lowest BCUT2D eigenvalue weighted by Gasteiger charge is -2.06. The number of ether oxygens (including phenoxy) is 2. The van der Waals surface area contributed by atoms with Crippen molar-refractivity contribution >= 4 is 0 Å². The van der Waals surface area contributed by atoms with E-state index in [1.54, 1.807) is 12.1 Å². The second kappa shape index (κ2) is 9.26. The molecule has 96 valence electrons. The van der Waals surface area contributed by atoms with Crippen LogP contribution in [0.15, 0.2) is 36.9 Å². The van der Waals surface area contributed by atoms with E-state index in [1.807, 2.05) is 18.2 Å². The number of hydrogen-bond acceptors (Lipinski definition) is 3. The van der Waals surface area contributed by atoms with Gasteiger partial charge in [-0.15, -0.1) is 6.58 Å². The third kappa shape index (κ3) is 6.07. The standard InChI is InChI=1S/C15H19NO2/c1-2-3-4-10-17-11-5-12-18-15-8-6-14(13-16)7-9-15/h2,6-9H,1,3-5,10-12H2. The summed E-state index contributed by atoms with van der Waals surface area (Å²) in [4.78, 5) is 0. The molecule has 0 aliphatic carbocycles. The van der Waals surface area contributed by atoms with Crippen molar-refractivity contribution in [2.24, 2.45) is 0 Å². The number of nitrogens with zero attached hydrogens (tertiary/aromatic N) is 1. The molecule has 0 aliphatic rings. The summed E-state index contributed by atoms with van der Waals surface area (Å²) in [7, 11) is 0. The first kappa shape index (κ1) is 14.3. The molecule has 0 bridgehead atoms. The molecule has 0 radical (unpaired) electrons. The van der Waals surface area contributed by atoms with Crippen LogP contribution in [0.3, 0.4) is 0 Å². The second-order valence-electron chi connectivity index (χ2n) is 3.88. The average molecular weight is 245 g/mol. The van der Waals surface area contributed by atoms with Gasteiger partial charge in [0.1, 0.15) is 5.75 Å². The van der Waals surface area contributed by atoms with E-state index >= 15 is 0 Å². The summed E-state index contributed by atoms with van der Waals surface area (Å²) >= 11 is 0. The van der Waals surface area contributed by atoms with Gasteiger partial charge in [-0.2, -0.15) is 5.26 Å². The molecule has 0 unspecified atom stereocenters. The van der Waals surface area contributed by atoms with Gasteiger partial charge in [-0.05, 0) is 37.1 Å². The lowest BCUT2D eigenvalue weighted by molar-refractivity contribution is 0.118. The fourth-order valence-electron chi connectivity index (χ4n) is 1.41. The number of benzene rings is 1. The zero-order valence-corrected chi connectivity index (χ0v) is 10.6. The summed E-state index contributed by atoms with van der Waals surface area (Å²) in [5.41, 5.74) is 0.646. The van der Waals surface area contributed by atoms with Gasteiger partial charge in [-0.25, -0.2) is 0 Å². The van der Waals surface area contributed by atoms with Crippen LogP contribution in [0.4, 0.5) is 0 Å². The van der Waals surface area contributed by atoms with Crippen molar-refractivity contribution < 1.29 is 9.47 Å². The first-order valence-electron chi connectivity index (χ1n) is 6.18. The predicted molar refractivity (Wildman–Crippen MR) is 71.5 cm³/mol. The summed E-state index contributed by atoms with van der Waals surface area (Å²) in [5.74, 6) is 0.792. The summed E-state index contributed by atoms with van der Waals surface area (Å²) in [6, 6.07) is 9.19. The van der Waals surface area contributed by atoms with Crippen LogP contribution < -0.4 is 4.74 Å². The van der Waals surface area contributed by atoms with E-state index in [0.717, 1.165) is 31.6 Å². The highest BCUT2D eigenvalue weighted by atomic mass is 16.5. The molecule has 1 rings (SSSR count). The van der Waals surface area contributed by atoms with Crippen molar-refractivity contribution in [1.82, 2.24) is 0 Å². The lowest BCUT2D eigenvalue weighted by atomic mass is 10.2. The summed E-state index contributed by atoms with van der Waals surface area (Å²) < 4.78 is 11.0. The molecule has 0 N–H and O–H groups in total. The molecule has 3 heteroatoms. The Labute approximate surface area is 109 Å². The summed E-state index contributed by atoms with van der Waals surface area (Å²) in [5, 5.41) is 8.65. The third-order valence-electron chi connectivity index (χ3n) is 2.38. The number of unbranched alkanes of at least 4 members (excludes halogenated alkanes) is 1. The van der Waals surface area contributed by atoms with E-state index in [2.05, 4.69) is 12.6 Å². The molecule has 0 spiro atoms. The molecule has 1 aromatic rings. The molecule has 18 heavy (non-hydrogen) atoms. The van der Waals surface area contributed by atoms with Crippen LogP contribution in [-0.2, 0) is 4.74 Å². The molecule has 0 fully saturated rings. The van der Waals surface area contributed by atoms with Crippen molar-refractivity contribution in [1.29, 1.82) is 5.26 Å². The first-order valence-corrected chi connectivity index (χ1v) is 6.18. The minimum Gasteiger partial charge on any atom is -0.494 e. The molecule has 0 aliphatic heterocycles. The van der Waals surface area contributed by atoms with E-state index in [-0.39, 0.29) is 0 Å². The van der Waals surface area contributed by atoms with Gasteiger partial charge >= 0.3 is 0 Å². The Morgan fingerprint density at radius 1 is 1.11 bits per heavy atom. The molecule has 0 saturated carbocycles. The molecular weight excluding hydrogens is 226 g/mol. The maximum atomic E-state index is 8.65. The Bertz CT molecular complexity index is 378. The molecule has 0 saturated heterocycles. The van der Waals surface area contributed by atoms with Gasteiger partial charge in [0.05, 0.1) is 18.2 Å². The smallest absolute Gasteiger partial charge is 0.119 e. The Balaban J connectivity index is 2.03. The van der Waals surface area contributed by atoms with Crippen LogP contribution >= 0.6 is 0 Å². The van der Waals surface area contributed by atoms with Gasteiger partial charge in [0.15, 0.2) is 0 Å².